The molecule has 2 saturated heterocycles. The van der Waals surface area contributed by atoms with Crippen molar-refractivity contribution in [2.75, 3.05) is 26.2 Å². The van der Waals surface area contributed by atoms with Gasteiger partial charge >= 0.3 is 0 Å². The van der Waals surface area contributed by atoms with Gasteiger partial charge in [-0.05, 0) is 37.5 Å². The van der Waals surface area contributed by atoms with Crippen molar-refractivity contribution < 1.29 is 0 Å². The van der Waals surface area contributed by atoms with E-state index in [2.05, 4.69) is 37.5 Å². The summed E-state index contributed by atoms with van der Waals surface area (Å²) < 4.78 is 0. The molecule has 0 spiro atoms. The second-order valence-electron chi connectivity index (χ2n) is 6.81. The maximum absolute atomic E-state index is 2.79. The summed E-state index contributed by atoms with van der Waals surface area (Å²) >= 11 is 0. The molecular weight excluding hydrogens is 220 g/mol. The summed E-state index contributed by atoms with van der Waals surface area (Å²) in [4.78, 5) is 5.54. The monoisotopic (exact) mass is 252 g/mol. The fourth-order valence-corrected chi connectivity index (χ4v) is 4.21. The molecule has 2 fully saturated rings. The quantitative estimate of drug-likeness (QED) is 0.758. The molecule has 0 amide bonds. The molecule has 2 nitrogen and oxygen atoms in total. The van der Waals surface area contributed by atoms with Gasteiger partial charge in [0.1, 0.15) is 0 Å². The first-order valence-corrected chi connectivity index (χ1v) is 8.12. The van der Waals surface area contributed by atoms with Crippen molar-refractivity contribution in [3.8, 4) is 0 Å². The van der Waals surface area contributed by atoms with Gasteiger partial charge in [-0.1, -0.05) is 27.7 Å². The zero-order valence-corrected chi connectivity index (χ0v) is 12.9. The highest BCUT2D eigenvalue weighted by Crippen LogP contribution is 2.27. The molecule has 0 saturated carbocycles. The number of piperidine rings is 1. The third kappa shape index (κ3) is 3.27. The van der Waals surface area contributed by atoms with Crippen molar-refractivity contribution in [1.82, 2.24) is 9.80 Å². The van der Waals surface area contributed by atoms with E-state index in [0.29, 0.717) is 0 Å². The highest BCUT2D eigenvalue weighted by atomic mass is 15.3. The molecular formula is C16H32N2. The minimum absolute atomic E-state index is 0.828. The molecule has 3 unspecified atom stereocenters. The number of hydrogen-bond donors (Lipinski definition) is 0. The topological polar surface area (TPSA) is 6.48 Å². The molecule has 0 aliphatic carbocycles. The van der Waals surface area contributed by atoms with Crippen LogP contribution in [0.15, 0.2) is 0 Å². The molecule has 0 bridgehead atoms. The van der Waals surface area contributed by atoms with E-state index in [9.17, 15) is 0 Å². The van der Waals surface area contributed by atoms with Gasteiger partial charge in [-0.3, -0.25) is 9.80 Å². The predicted octanol–water partition coefficient (Wildman–Crippen LogP) is 3.23. The summed E-state index contributed by atoms with van der Waals surface area (Å²) in [5.74, 6) is 1.80. The minimum atomic E-state index is 0.828. The molecule has 2 rings (SSSR count). The lowest BCUT2D eigenvalue weighted by atomic mass is 9.91. The van der Waals surface area contributed by atoms with E-state index < -0.39 is 0 Å². The minimum Gasteiger partial charge on any atom is -0.299 e. The van der Waals surface area contributed by atoms with Crippen molar-refractivity contribution in [1.29, 1.82) is 0 Å². The lowest BCUT2D eigenvalue weighted by Gasteiger charge is -2.39. The first-order valence-electron chi connectivity index (χ1n) is 8.12. The second-order valence-corrected chi connectivity index (χ2v) is 6.81. The highest BCUT2D eigenvalue weighted by molar-refractivity contribution is 4.89. The van der Waals surface area contributed by atoms with Crippen molar-refractivity contribution in [3.05, 3.63) is 0 Å². The second kappa shape index (κ2) is 6.38. The molecule has 2 heteroatoms. The Balaban J connectivity index is 1.88. The third-order valence-electron chi connectivity index (χ3n) is 5.07. The summed E-state index contributed by atoms with van der Waals surface area (Å²) in [6.45, 7) is 14.9. The van der Waals surface area contributed by atoms with E-state index in [-0.39, 0.29) is 0 Å². The molecule has 0 aromatic carbocycles. The Bertz CT molecular complexity index is 239. The fourth-order valence-electron chi connectivity index (χ4n) is 4.21. The number of hydrogen-bond acceptors (Lipinski definition) is 2. The molecule has 0 aromatic heterocycles. The van der Waals surface area contributed by atoms with Crippen molar-refractivity contribution in [2.45, 2.75) is 65.5 Å². The van der Waals surface area contributed by atoms with Gasteiger partial charge in [0.05, 0.1) is 0 Å². The zero-order chi connectivity index (χ0) is 13.1. The maximum atomic E-state index is 2.79. The van der Waals surface area contributed by atoms with Crippen LogP contribution in [0.4, 0.5) is 0 Å². The number of nitrogens with zero attached hydrogens (tertiary/aromatic N) is 2. The van der Waals surface area contributed by atoms with E-state index in [0.717, 1.165) is 23.9 Å². The Labute approximate surface area is 114 Å². The van der Waals surface area contributed by atoms with Crippen LogP contribution in [-0.2, 0) is 0 Å². The SMILES string of the molecule is CCC(CC)N1CCC(N2CC(C)CC(C)C2)C1. The summed E-state index contributed by atoms with van der Waals surface area (Å²) in [5, 5.41) is 0. The summed E-state index contributed by atoms with van der Waals surface area (Å²) in [5.41, 5.74) is 0. The fraction of sp³-hybridized carbons (Fsp3) is 1.00. The average Bonchev–Trinajstić information content (AvgIpc) is 2.79. The smallest absolute Gasteiger partial charge is 0.0235 e. The van der Waals surface area contributed by atoms with Gasteiger partial charge in [0, 0.05) is 38.3 Å². The van der Waals surface area contributed by atoms with Gasteiger partial charge in [-0.15, -0.1) is 0 Å². The van der Waals surface area contributed by atoms with Crippen LogP contribution < -0.4 is 0 Å². The molecule has 18 heavy (non-hydrogen) atoms. The van der Waals surface area contributed by atoms with Crippen LogP contribution in [0.2, 0.25) is 0 Å². The van der Waals surface area contributed by atoms with Crippen molar-refractivity contribution in [2.24, 2.45) is 11.8 Å². The molecule has 0 radical (unpaired) electrons. The van der Waals surface area contributed by atoms with Gasteiger partial charge in [-0.2, -0.15) is 0 Å². The molecule has 2 aliphatic heterocycles. The van der Waals surface area contributed by atoms with Crippen LogP contribution in [-0.4, -0.2) is 48.1 Å². The van der Waals surface area contributed by atoms with Gasteiger partial charge in [0.25, 0.3) is 0 Å². The zero-order valence-electron chi connectivity index (χ0n) is 12.9. The highest BCUT2D eigenvalue weighted by Gasteiger charge is 2.33. The number of rotatable bonds is 4. The van der Waals surface area contributed by atoms with Gasteiger partial charge in [-0.25, -0.2) is 0 Å². The van der Waals surface area contributed by atoms with Crippen molar-refractivity contribution in [3.63, 3.8) is 0 Å². The Morgan fingerprint density at radius 2 is 1.61 bits per heavy atom. The predicted molar refractivity (Wildman–Crippen MR) is 78.9 cm³/mol. The van der Waals surface area contributed by atoms with Gasteiger partial charge in [0.15, 0.2) is 0 Å². The lowest BCUT2D eigenvalue weighted by Crippen LogP contribution is -2.46. The van der Waals surface area contributed by atoms with E-state index in [4.69, 9.17) is 0 Å². The molecule has 0 N–H and O–H groups in total. The van der Waals surface area contributed by atoms with Crippen LogP contribution in [0.3, 0.4) is 0 Å². The standard InChI is InChI=1S/C16H32N2/c1-5-15(6-2)17-8-7-16(12-17)18-10-13(3)9-14(4)11-18/h13-16H,5-12H2,1-4H3. The van der Waals surface area contributed by atoms with E-state index in [1.807, 2.05) is 0 Å². The van der Waals surface area contributed by atoms with Gasteiger partial charge < -0.3 is 0 Å². The average molecular weight is 252 g/mol. The molecule has 3 atom stereocenters. The molecule has 0 aromatic rings. The van der Waals surface area contributed by atoms with Crippen LogP contribution in [0.5, 0.6) is 0 Å². The van der Waals surface area contributed by atoms with Crippen LogP contribution in [0, 0.1) is 11.8 Å². The Hall–Kier alpha value is -0.0800. The summed E-state index contributed by atoms with van der Waals surface area (Å²) in [7, 11) is 0. The van der Waals surface area contributed by atoms with Crippen LogP contribution >= 0.6 is 0 Å². The van der Waals surface area contributed by atoms with Crippen molar-refractivity contribution >= 4 is 0 Å². The third-order valence-corrected chi connectivity index (χ3v) is 5.07. The first-order chi connectivity index (χ1) is 8.63. The van der Waals surface area contributed by atoms with E-state index in [1.165, 1.54) is 51.9 Å². The normalized spacial score (nSPS) is 35.5. The molecule has 106 valence electrons. The lowest BCUT2D eigenvalue weighted by molar-refractivity contribution is 0.0932. The van der Waals surface area contributed by atoms with Gasteiger partial charge in [0.2, 0.25) is 0 Å². The Morgan fingerprint density at radius 3 is 2.17 bits per heavy atom. The van der Waals surface area contributed by atoms with Crippen LogP contribution in [0.25, 0.3) is 0 Å². The van der Waals surface area contributed by atoms with E-state index >= 15 is 0 Å². The molecule has 2 aliphatic rings. The Kier molecular flexibility index (Phi) is 5.08. The largest absolute Gasteiger partial charge is 0.299 e. The summed E-state index contributed by atoms with van der Waals surface area (Å²) in [6, 6.07) is 1.67. The Morgan fingerprint density at radius 1 is 1.00 bits per heavy atom. The summed E-state index contributed by atoms with van der Waals surface area (Å²) in [6.07, 6.45) is 5.46. The maximum Gasteiger partial charge on any atom is 0.0235 e. The molecule has 2 heterocycles. The van der Waals surface area contributed by atoms with E-state index in [1.54, 1.807) is 0 Å². The first kappa shape index (κ1) is 14.3. The number of likely N-dealkylation sites (tertiary alicyclic amines) is 2. The van der Waals surface area contributed by atoms with Crippen LogP contribution in [0.1, 0.15) is 53.4 Å².